The third-order valence-corrected chi connectivity index (χ3v) is 6.09. The largest absolute Gasteiger partial charge is 0.868 e. The average Bonchev–Trinajstić information content (AvgIpc) is 3.09. The highest BCUT2D eigenvalue weighted by Crippen LogP contribution is 2.30. The van der Waals surface area contributed by atoms with Crippen LogP contribution in [-0.4, -0.2) is 22.1 Å². The monoisotopic (exact) mass is 464 g/mol. The number of hydrogen-bond acceptors (Lipinski definition) is 8. The van der Waals surface area contributed by atoms with Crippen LogP contribution in [0, 0.1) is 10.1 Å². The second kappa shape index (κ2) is 8.83. The molecular weight excluding hydrogens is 446 g/mol. The molecule has 33 heavy (non-hydrogen) atoms. The molecule has 0 amide bonds. The molecule has 4 rings (SSSR count). The quantitative estimate of drug-likeness (QED) is 0.322. The fourth-order valence-corrected chi connectivity index (χ4v) is 4.71. The lowest BCUT2D eigenvalue weighted by atomic mass is 9.96. The molecular formula is C23H18N3O6S-. The minimum absolute atomic E-state index is 0.177. The number of carbonyl (C=O) groups is 1. The van der Waals surface area contributed by atoms with Crippen LogP contribution in [0.1, 0.15) is 31.0 Å². The van der Waals surface area contributed by atoms with E-state index < -0.39 is 33.9 Å². The Morgan fingerprint density at radius 3 is 2.67 bits per heavy atom. The molecule has 0 saturated heterocycles. The van der Waals surface area contributed by atoms with Crippen molar-refractivity contribution in [2.45, 2.75) is 19.9 Å². The first-order chi connectivity index (χ1) is 15.8. The first kappa shape index (κ1) is 22.2. The molecule has 0 spiro atoms. The Labute approximate surface area is 191 Å². The molecule has 0 radical (unpaired) electrons. The smallest absolute Gasteiger partial charge is 0.338 e. The van der Waals surface area contributed by atoms with Crippen LogP contribution in [0.3, 0.4) is 0 Å². The normalized spacial score (nSPS) is 15.7. The van der Waals surface area contributed by atoms with E-state index in [1.54, 1.807) is 13.8 Å². The van der Waals surface area contributed by atoms with E-state index in [-0.39, 0.29) is 16.7 Å². The maximum atomic E-state index is 13.4. The van der Waals surface area contributed by atoms with Crippen molar-refractivity contribution in [2.75, 3.05) is 6.61 Å². The van der Waals surface area contributed by atoms with Crippen LogP contribution in [0.2, 0.25) is 0 Å². The van der Waals surface area contributed by atoms with Crippen LogP contribution in [0.15, 0.2) is 69.6 Å². The number of ether oxygens (including phenoxy) is 1. The van der Waals surface area contributed by atoms with Gasteiger partial charge in [0.1, 0.15) is 0 Å². The van der Waals surface area contributed by atoms with Gasteiger partial charge in [-0.15, -0.1) is 0 Å². The summed E-state index contributed by atoms with van der Waals surface area (Å²) in [4.78, 5) is 41.4. The molecule has 1 aliphatic rings. The topological polar surface area (TPSA) is 127 Å². The third kappa shape index (κ3) is 4.08. The predicted octanol–water partition coefficient (Wildman–Crippen LogP) is 1.78. The Kier molecular flexibility index (Phi) is 5.93. The van der Waals surface area contributed by atoms with E-state index >= 15 is 0 Å². The SMILES string of the molecule is CCOC(=O)C1=C(C)N=c2sc(=Cc3ccc([O-])c([N+](=O)[O-])c3)c(=O)n2[C@H]1c1ccccc1. The number of nitro groups is 1. The van der Waals surface area contributed by atoms with Gasteiger partial charge in [-0.2, -0.15) is 0 Å². The average molecular weight is 464 g/mol. The molecule has 1 aliphatic heterocycles. The highest BCUT2D eigenvalue weighted by Gasteiger charge is 2.33. The maximum Gasteiger partial charge on any atom is 0.338 e. The molecule has 10 heteroatoms. The highest BCUT2D eigenvalue weighted by atomic mass is 32.1. The van der Waals surface area contributed by atoms with Gasteiger partial charge in [0.15, 0.2) is 4.80 Å². The van der Waals surface area contributed by atoms with Crippen molar-refractivity contribution in [3.8, 4) is 5.75 Å². The Hall–Kier alpha value is -4.05. The zero-order valence-corrected chi connectivity index (χ0v) is 18.5. The molecule has 3 aromatic rings. The van der Waals surface area contributed by atoms with Crippen LogP contribution >= 0.6 is 11.3 Å². The van der Waals surface area contributed by atoms with Crippen LogP contribution in [0.5, 0.6) is 5.75 Å². The van der Waals surface area contributed by atoms with E-state index in [2.05, 4.69) is 4.99 Å². The number of fused-ring (bicyclic) bond motifs is 1. The Morgan fingerprint density at radius 1 is 1.27 bits per heavy atom. The number of thiazole rings is 1. The number of benzene rings is 2. The Bertz CT molecular complexity index is 1470. The van der Waals surface area contributed by atoms with Crippen LogP contribution < -0.4 is 20.0 Å². The van der Waals surface area contributed by atoms with Crippen molar-refractivity contribution >= 4 is 29.1 Å². The summed E-state index contributed by atoms with van der Waals surface area (Å²) >= 11 is 1.10. The Balaban J connectivity index is 1.94. The molecule has 0 saturated carbocycles. The molecule has 0 fully saturated rings. The molecule has 1 aromatic heterocycles. The highest BCUT2D eigenvalue weighted by molar-refractivity contribution is 7.07. The molecule has 9 nitrogen and oxygen atoms in total. The van der Waals surface area contributed by atoms with Crippen molar-refractivity contribution in [3.63, 3.8) is 0 Å². The van der Waals surface area contributed by atoms with Crippen molar-refractivity contribution < 1.29 is 19.6 Å². The minimum Gasteiger partial charge on any atom is -0.868 e. The zero-order valence-electron chi connectivity index (χ0n) is 17.7. The molecule has 2 aromatic carbocycles. The summed E-state index contributed by atoms with van der Waals surface area (Å²) in [5.41, 5.74) is 0.794. The number of nitrogens with zero attached hydrogens (tertiary/aromatic N) is 3. The van der Waals surface area contributed by atoms with Crippen molar-refractivity contribution in [3.05, 3.63) is 101 Å². The van der Waals surface area contributed by atoms with Gasteiger partial charge in [0.05, 0.1) is 33.4 Å². The van der Waals surface area contributed by atoms with Crippen LogP contribution in [0.25, 0.3) is 6.08 Å². The summed E-state index contributed by atoms with van der Waals surface area (Å²) in [6.07, 6.45) is 1.47. The van der Waals surface area contributed by atoms with Crippen LogP contribution in [-0.2, 0) is 9.53 Å². The maximum absolute atomic E-state index is 13.4. The minimum atomic E-state index is -0.758. The first-order valence-corrected chi connectivity index (χ1v) is 10.8. The third-order valence-electron chi connectivity index (χ3n) is 5.11. The van der Waals surface area contributed by atoms with Gasteiger partial charge in [0.2, 0.25) is 0 Å². The van der Waals surface area contributed by atoms with E-state index in [0.29, 0.717) is 21.6 Å². The summed E-state index contributed by atoms with van der Waals surface area (Å²) in [7, 11) is 0. The summed E-state index contributed by atoms with van der Waals surface area (Å²) in [5.74, 6) is -1.26. The van der Waals surface area contributed by atoms with Gasteiger partial charge < -0.3 is 9.84 Å². The van der Waals surface area contributed by atoms with E-state index in [4.69, 9.17) is 4.74 Å². The molecule has 0 aliphatic carbocycles. The zero-order chi connectivity index (χ0) is 23.7. The lowest BCUT2D eigenvalue weighted by molar-refractivity contribution is -0.398. The number of hydrogen-bond donors (Lipinski definition) is 0. The molecule has 2 heterocycles. The number of allylic oxidation sites excluding steroid dienone is 1. The van der Waals surface area contributed by atoms with Gasteiger partial charge in [-0.05, 0) is 36.8 Å². The lowest BCUT2D eigenvalue weighted by Crippen LogP contribution is -2.39. The van der Waals surface area contributed by atoms with Gasteiger partial charge in [-0.3, -0.25) is 19.5 Å². The standard InChI is InChI=1S/C23H19N3O6S/c1-3-32-22(29)19-13(2)24-23-25(20(19)15-7-5-4-6-8-15)21(28)18(33-23)12-14-9-10-17(27)16(11-14)26(30)31/h4-12,20,27H,3H2,1-2H3/p-1/t20-/m0/s1. The second-order valence-electron chi connectivity index (χ2n) is 7.20. The summed E-state index contributed by atoms with van der Waals surface area (Å²) in [6, 6.07) is 12.0. The van der Waals surface area contributed by atoms with Crippen molar-refractivity contribution in [1.82, 2.24) is 4.57 Å². The fourth-order valence-electron chi connectivity index (χ4n) is 3.66. The molecule has 1 atom stereocenters. The Morgan fingerprint density at radius 2 is 2.00 bits per heavy atom. The predicted molar refractivity (Wildman–Crippen MR) is 119 cm³/mol. The second-order valence-corrected chi connectivity index (χ2v) is 8.21. The van der Waals surface area contributed by atoms with Gasteiger partial charge in [0.25, 0.3) is 11.2 Å². The molecule has 0 unspecified atom stereocenters. The van der Waals surface area contributed by atoms with E-state index in [1.807, 2.05) is 30.3 Å². The van der Waals surface area contributed by atoms with Gasteiger partial charge in [-0.25, -0.2) is 9.79 Å². The van der Waals surface area contributed by atoms with Crippen molar-refractivity contribution in [1.29, 1.82) is 0 Å². The van der Waals surface area contributed by atoms with Crippen LogP contribution in [0.4, 0.5) is 5.69 Å². The fraction of sp³-hybridized carbons (Fsp3) is 0.174. The number of rotatable bonds is 5. The number of esters is 1. The summed E-state index contributed by atoms with van der Waals surface area (Å²) in [6.45, 7) is 3.57. The van der Waals surface area contributed by atoms with Gasteiger partial charge in [-0.1, -0.05) is 53.8 Å². The van der Waals surface area contributed by atoms with Gasteiger partial charge in [0, 0.05) is 6.07 Å². The number of carbonyl (C=O) groups excluding carboxylic acids is 1. The number of nitro benzene ring substituents is 1. The molecule has 0 bridgehead atoms. The van der Waals surface area contributed by atoms with Crippen molar-refractivity contribution in [2.24, 2.45) is 4.99 Å². The number of aromatic nitrogens is 1. The summed E-state index contributed by atoms with van der Waals surface area (Å²) < 4.78 is 6.93. The van der Waals surface area contributed by atoms with Gasteiger partial charge >= 0.3 is 5.97 Å². The molecule has 0 N–H and O–H groups in total. The molecule has 168 valence electrons. The lowest BCUT2D eigenvalue weighted by Gasteiger charge is -2.24. The van der Waals surface area contributed by atoms with E-state index in [9.17, 15) is 24.8 Å². The van der Waals surface area contributed by atoms with E-state index in [1.165, 1.54) is 16.7 Å². The summed E-state index contributed by atoms with van der Waals surface area (Å²) in [5, 5.41) is 22.8. The van der Waals surface area contributed by atoms with E-state index in [0.717, 1.165) is 23.5 Å². The first-order valence-electron chi connectivity index (χ1n) is 10.0.